The molecule has 2 aromatic rings. The molecule has 0 saturated carbocycles. The first kappa shape index (κ1) is 20.8. The molecule has 1 saturated heterocycles. The van der Waals surface area contributed by atoms with E-state index < -0.39 is 23.8 Å². The van der Waals surface area contributed by atoms with Crippen LogP contribution in [-0.4, -0.2) is 62.6 Å². The molecule has 0 aliphatic carbocycles. The first-order chi connectivity index (χ1) is 15.1. The van der Waals surface area contributed by atoms with Gasteiger partial charge in [-0.25, -0.2) is 4.99 Å². The third-order valence-corrected chi connectivity index (χ3v) is 5.47. The lowest BCUT2D eigenvalue weighted by atomic mass is 9.95. The first-order valence-electron chi connectivity index (χ1n) is 10.3. The molecular formula is C22H26N4O5. The number of nitrogens with one attached hydrogen (secondary N) is 1. The first-order valence-corrected chi connectivity index (χ1v) is 10.3. The van der Waals surface area contributed by atoms with Crippen molar-refractivity contribution < 1.29 is 23.5 Å². The van der Waals surface area contributed by atoms with Gasteiger partial charge >= 0.3 is 5.97 Å². The standard InChI is InChI=1S/C22H26N4O5/c1-3-30-21(28)18-19(17-9-6-14-31-17)23-22(24-20(18)27)26-12-10-25(11-13-26)15-7-4-5-8-16(15)29-2/h4-9,14,18-19H,3,10-13H2,1-2H3,(H,23,24,27). The fraction of sp³-hybridized carbons (Fsp3) is 0.409. The highest BCUT2D eigenvalue weighted by atomic mass is 16.5. The van der Waals surface area contributed by atoms with Gasteiger partial charge in [0.2, 0.25) is 11.9 Å². The number of esters is 1. The molecule has 1 aromatic heterocycles. The average Bonchev–Trinajstić information content (AvgIpc) is 3.33. The van der Waals surface area contributed by atoms with Gasteiger partial charge in [-0.1, -0.05) is 12.1 Å². The van der Waals surface area contributed by atoms with E-state index in [-0.39, 0.29) is 6.61 Å². The van der Waals surface area contributed by atoms with Gasteiger partial charge in [0.25, 0.3) is 0 Å². The van der Waals surface area contributed by atoms with Crippen LogP contribution in [0.25, 0.3) is 0 Å². The quantitative estimate of drug-likeness (QED) is 0.575. The van der Waals surface area contributed by atoms with Crippen molar-refractivity contribution in [2.75, 3.05) is 44.8 Å². The Morgan fingerprint density at radius 3 is 2.58 bits per heavy atom. The summed E-state index contributed by atoms with van der Waals surface area (Å²) in [5.41, 5.74) is 1.04. The molecule has 0 radical (unpaired) electrons. The van der Waals surface area contributed by atoms with Gasteiger partial charge in [-0.3, -0.25) is 14.9 Å². The highest BCUT2D eigenvalue weighted by Gasteiger charge is 2.43. The van der Waals surface area contributed by atoms with Crippen LogP contribution in [0.5, 0.6) is 5.75 Å². The number of para-hydroxylation sites is 2. The third kappa shape index (κ3) is 4.21. The Morgan fingerprint density at radius 2 is 1.90 bits per heavy atom. The van der Waals surface area contributed by atoms with E-state index in [0.717, 1.165) is 24.5 Å². The summed E-state index contributed by atoms with van der Waals surface area (Å²) < 4.78 is 16.1. The molecule has 1 aromatic carbocycles. The topological polar surface area (TPSA) is 96.6 Å². The maximum absolute atomic E-state index is 12.9. The summed E-state index contributed by atoms with van der Waals surface area (Å²) in [6.07, 6.45) is 1.51. The third-order valence-electron chi connectivity index (χ3n) is 5.47. The van der Waals surface area contributed by atoms with E-state index in [1.807, 2.05) is 29.2 Å². The highest BCUT2D eigenvalue weighted by Crippen LogP contribution is 2.32. The summed E-state index contributed by atoms with van der Waals surface area (Å²) in [6.45, 7) is 4.69. The molecule has 1 fully saturated rings. The lowest BCUT2D eigenvalue weighted by molar-refractivity contribution is -0.153. The van der Waals surface area contributed by atoms with Crippen molar-refractivity contribution in [1.82, 2.24) is 10.2 Å². The van der Waals surface area contributed by atoms with Crippen molar-refractivity contribution in [1.29, 1.82) is 0 Å². The lowest BCUT2D eigenvalue weighted by Crippen LogP contribution is -2.57. The molecule has 9 nitrogen and oxygen atoms in total. The molecule has 0 bridgehead atoms. The van der Waals surface area contributed by atoms with Crippen LogP contribution in [0, 0.1) is 5.92 Å². The number of methoxy groups -OCH3 is 1. The molecule has 9 heteroatoms. The van der Waals surface area contributed by atoms with Gasteiger partial charge in [0.1, 0.15) is 17.6 Å². The fourth-order valence-corrected chi connectivity index (χ4v) is 3.94. The Balaban J connectivity index is 1.52. The summed E-state index contributed by atoms with van der Waals surface area (Å²) in [5.74, 6) is -0.383. The maximum Gasteiger partial charge on any atom is 0.321 e. The number of rotatable bonds is 5. The van der Waals surface area contributed by atoms with E-state index in [4.69, 9.17) is 13.9 Å². The molecule has 4 rings (SSSR count). The number of furan rings is 1. The summed E-state index contributed by atoms with van der Waals surface area (Å²) in [7, 11) is 1.66. The Labute approximate surface area is 180 Å². The van der Waals surface area contributed by atoms with E-state index in [9.17, 15) is 9.59 Å². The molecule has 1 amide bonds. The molecule has 31 heavy (non-hydrogen) atoms. The number of carbonyl (C=O) groups excluding carboxylic acids is 2. The molecule has 2 aliphatic rings. The Kier molecular flexibility index (Phi) is 6.11. The molecule has 2 aliphatic heterocycles. The zero-order chi connectivity index (χ0) is 21.8. The molecule has 2 unspecified atom stereocenters. The zero-order valence-corrected chi connectivity index (χ0v) is 17.6. The van der Waals surface area contributed by atoms with Crippen molar-refractivity contribution in [2.24, 2.45) is 10.9 Å². The fourth-order valence-electron chi connectivity index (χ4n) is 3.94. The van der Waals surface area contributed by atoms with Crippen LogP contribution in [0.1, 0.15) is 18.7 Å². The van der Waals surface area contributed by atoms with Gasteiger partial charge < -0.3 is 23.7 Å². The molecule has 1 N–H and O–H groups in total. The second kappa shape index (κ2) is 9.11. The monoisotopic (exact) mass is 426 g/mol. The molecule has 164 valence electrons. The van der Waals surface area contributed by atoms with Gasteiger partial charge in [0, 0.05) is 26.2 Å². The largest absolute Gasteiger partial charge is 0.495 e. The minimum atomic E-state index is -1.08. The molecule has 0 spiro atoms. The molecular weight excluding hydrogens is 400 g/mol. The predicted molar refractivity (Wildman–Crippen MR) is 114 cm³/mol. The summed E-state index contributed by atoms with van der Waals surface area (Å²) >= 11 is 0. The zero-order valence-electron chi connectivity index (χ0n) is 17.6. The number of hydrogen-bond acceptors (Lipinski definition) is 8. The van der Waals surface area contributed by atoms with Gasteiger partial charge in [-0.15, -0.1) is 0 Å². The van der Waals surface area contributed by atoms with E-state index in [0.29, 0.717) is 24.8 Å². The number of ether oxygens (including phenoxy) is 2. The Bertz CT molecular complexity index is 951. The summed E-state index contributed by atoms with van der Waals surface area (Å²) in [5, 5.41) is 2.80. The Hall–Kier alpha value is -3.49. The number of nitrogens with zero attached hydrogens (tertiary/aromatic N) is 3. The van der Waals surface area contributed by atoms with Crippen LogP contribution in [-0.2, 0) is 14.3 Å². The van der Waals surface area contributed by atoms with E-state index in [1.165, 1.54) is 6.26 Å². The van der Waals surface area contributed by atoms with Crippen molar-refractivity contribution in [3.63, 3.8) is 0 Å². The van der Waals surface area contributed by atoms with Crippen molar-refractivity contribution in [3.8, 4) is 5.75 Å². The minimum absolute atomic E-state index is 0.189. The Morgan fingerprint density at radius 1 is 1.16 bits per heavy atom. The second-order valence-electron chi connectivity index (χ2n) is 7.28. The summed E-state index contributed by atoms with van der Waals surface area (Å²) in [6, 6.07) is 10.6. The van der Waals surface area contributed by atoms with Crippen LogP contribution in [0.3, 0.4) is 0 Å². The smallest absolute Gasteiger partial charge is 0.321 e. The normalized spacial score (nSPS) is 21.4. The predicted octanol–water partition coefficient (Wildman–Crippen LogP) is 1.82. The molecule has 2 atom stereocenters. The van der Waals surface area contributed by atoms with E-state index in [1.54, 1.807) is 26.2 Å². The van der Waals surface area contributed by atoms with E-state index >= 15 is 0 Å². The number of benzene rings is 1. The van der Waals surface area contributed by atoms with Crippen molar-refractivity contribution >= 4 is 23.5 Å². The van der Waals surface area contributed by atoms with Gasteiger partial charge in [-0.05, 0) is 31.2 Å². The van der Waals surface area contributed by atoms with Crippen LogP contribution < -0.4 is 15.0 Å². The lowest BCUT2D eigenvalue weighted by Gasteiger charge is -2.39. The molecule has 3 heterocycles. The van der Waals surface area contributed by atoms with Gasteiger partial charge in [-0.2, -0.15) is 0 Å². The number of carbonyl (C=O) groups is 2. The number of aliphatic imine (C=N–C) groups is 1. The highest BCUT2D eigenvalue weighted by molar-refractivity contribution is 6.08. The number of anilines is 1. The van der Waals surface area contributed by atoms with Crippen molar-refractivity contribution in [2.45, 2.75) is 13.0 Å². The maximum atomic E-state index is 12.9. The number of hydrogen-bond donors (Lipinski definition) is 1. The van der Waals surface area contributed by atoms with Crippen LogP contribution in [0.2, 0.25) is 0 Å². The van der Waals surface area contributed by atoms with Crippen LogP contribution >= 0.6 is 0 Å². The average molecular weight is 426 g/mol. The number of guanidine groups is 1. The van der Waals surface area contributed by atoms with Crippen LogP contribution in [0.15, 0.2) is 52.1 Å². The van der Waals surface area contributed by atoms with Gasteiger partial charge in [0.15, 0.2) is 5.92 Å². The minimum Gasteiger partial charge on any atom is -0.495 e. The van der Waals surface area contributed by atoms with E-state index in [2.05, 4.69) is 15.2 Å². The number of amides is 1. The van der Waals surface area contributed by atoms with Gasteiger partial charge in [0.05, 0.1) is 25.7 Å². The summed E-state index contributed by atoms with van der Waals surface area (Å²) in [4.78, 5) is 34.2. The number of piperazine rings is 1. The SMILES string of the molecule is CCOC(=O)C1C(=O)NC(N2CCN(c3ccccc3OC)CC2)=NC1c1ccco1. The van der Waals surface area contributed by atoms with Crippen molar-refractivity contribution in [3.05, 3.63) is 48.4 Å². The second-order valence-corrected chi connectivity index (χ2v) is 7.28. The van der Waals surface area contributed by atoms with Crippen LogP contribution in [0.4, 0.5) is 5.69 Å².